The van der Waals surface area contributed by atoms with Gasteiger partial charge in [0.25, 0.3) is 5.91 Å². The average Bonchev–Trinajstić information content (AvgIpc) is 3.16. The summed E-state index contributed by atoms with van der Waals surface area (Å²) >= 11 is 0. The summed E-state index contributed by atoms with van der Waals surface area (Å²) in [7, 11) is 0. The molecule has 2 atom stereocenters. The summed E-state index contributed by atoms with van der Waals surface area (Å²) in [5.74, 6) is -1.85. The van der Waals surface area contributed by atoms with Crippen LogP contribution in [0.3, 0.4) is 0 Å². The number of nitrogens with zero attached hydrogens (tertiary/aromatic N) is 2. The zero-order valence-electron chi connectivity index (χ0n) is 12.8. The van der Waals surface area contributed by atoms with E-state index < -0.39 is 29.7 Å². The molecule has 7 heteroatoms. The third kappa shape index (κ3) is 2.69. The first-order valence-corrected chi connectivity index (χ1v) is 7.93. The van der Waals surface area contributed by atoms with E-state index in [1.807, 2.05) is 0 Å². The van der Waals surface area contributed by atoms with Crippen molar-refractivity contribution in [3.63, 3.8) is 0 Å². The molecule has 1 aromatic heterocycles. The van der Waals surface area contributed by atoms with Crippen molar-refractivity contribution in [2.45, 2.75) is 37.3 Å². The highest BCUT2D eigenvalue weighted by Gasteiger charge is 2.38. The van der Waals surface area contributed by atoms with Gasteiger partial charge in [-0.15, -0.1) is 0 Å². The topological polar surface area (TPSA) is 66.6 Å². The second kappa shape index (κ2) is 5.66. The SMILES string of the molecule is O=C(c1cc(C2CC2)no1)N1CC(O)CC1c1ccc(F)c(F)c1. The number of likely N-dealkylation sites (tertiary alicyclic amines) is 1. The van der Waals surface area contributed by atoms with E-state index in [0.29, 0.717) is 11.5 Å². The number of carbonyl (C=O) groups excluding carboxylic acids is 1. The minimum Gasteiger partial charge on any atom is -0.391 e. The number of aliphatic hydroxyl groups excluding tert-OH is 1. The van der Waals surface area contributed by atoms with E-state index in [-0.39, 0.29) is 18.7 Å². The molecule has 2 aromatic rings. The summed E-state index contributed by atoms with van der Waals surface area (Å²) < 4.78 is 31.8. The summed E-state index contributed by atoms with van der Waals surface area (Å²) in [4.78, 5) is 14.1. The Morgan fingerprint density at radius 3 is 2.75 bits per heavy atom. The molecule has 0 bridgehead atoms. The van der Waals surface area contributed by atoms with E-state index in [4.69, 9.17) is 4.52 Å². The van der Waals surface area contributed by atoms with Gasteiger partial charge in [-0.1, -0.05) is 11.2 Å². The minimum absolute atomic E-state index is 0.110. The molecule has 2 unspecified atom stereocenters. The molecule has 4 rings (SSSR count). The molecule has 1 aliphatic heterocycles. The van der Waals surface area contributed by atoms with Crippen LogP contribution in [0.2, 0.25) is 0 Å². The van der Waals surface area contributed by atoms with Gasteiger partial charge in [-0.3, -0.25) is 4.79 Å². The Bertz CT molecular complexity index is 788. The molecule has 2 aliphatic rings. The van der Waals surface area contributed by atoms with Gasteiger partial charge in [-0.05, 0) is 37.0 Å². The highest BCUT2D eigenvalue weighted by atomic mass is 19.2. The Labute approximate surface area is 136 Å². The first-order chi connectivity index (χ1) is 11.5. The number of aromatic nitrogens is 1. The Morgan fingerprint density at radius 2 is 2.04 bits per heavy atom. The summed E-state index contributed by atoms with van der Waals surface area (Å²) in [5.41, 5.74) is 1.21. The van der Waals surface area contributed by atoms with Gasteiger partial charge in [0.2, 0.25) is 5.76 Å². The van der Waals surface area contributed by atoms with Gasteiger partial charge >= 0.3 is 0 Å². The lowest BCUT2D eigenvalue weighted by Crippen LogP contribution is -2.31. The van der Waals surface area contributed by atoms with E-state index in [2.05, 4.69) is 5.16 Å². The number of rotatable bonds is 3. The number of hydrogen-bond acceptors (Lipinski definition) is 4. The normalized spacial score (nSPS) is 23.7. The molecule has 0 spiro atoms. The largest absolute Gasteiger partial charge is 0.391 e. The molecule has 1 saturated heterocycles. The molecule has 1 saturated carbocycles. The van der Waals surface area contributed by atoms with Crippen molar-refractivity contribution in [3.8, 4) is 0 Å². The van der Waals surface area contributed by atoms with Crippen LogP contribution >= 0.6 is 0 Å². The molecule has 1 N–H and O–H groups in total. The number of carbonyl (C=O) groups is 1. The van der Waals surface area contributed by atoms with Crippen LogP contribution in [0.1, 0.15) is 53.0 Å². The zero-order valence-corrected chi connectivity index (χ0v) is 12.8. The molecular formula is C17H16F2N2O3. The van der Waals surface area contributed by atoms with Crippen molar-refractivity contribution in [1.29, 1.82) is 0 Å². The average molecular weight is 334 g/mol. The number of amides is 1. The maximum atomic E-state index is 13.5. The van der Waals surface area contributed by atoms with Gasteiger partial charge in [-0.2, -0.15) is 0 Å². The van der Waals surface area contributed by atoms with Crippen LogP contribution in [0, 0.1) is 11.6 Å². The Kier molecular flexibility index (Phi) is 3.60. The molecule has 24 heavy (non-hydrogen) atoms. The monoisotopic (exact) mass is 334 g/mol. The van der Waals surface area contributed by atoms with Crippen LogP contribution in [-0.2, 0) is 0 Å². The van der Waals surface area contributed by atoms with Gasteiger partial charge in [0.05, 0.1) is 17.8 Å². The molecule has 0 radical (unpaired) electrons. The summed E-state index contributed by atoms with van der Waals surface area (Å²) in [6.07, 6.45) is 1.62. The highest BCUT2D eigenvalue weighted by Crippen LogP contribution is 2.40. The van der Waals surface area contributed by atoms with Crippen molar-refractivity contribution in [2.75, 3.05) is 6.54 Å². The Hall–Kier alpha value is -2.28. The first kappa shape index (κ1) is 15.3. The fourth-order valence-electron chi connectivity index (χ4n) is 3.18. The predicted octanol–water partition coefficient (Wildman–Crippen LogP) is 2.78. The molecular weight excluding hydrogens is 318 g/mol. The van der Waals surface area contributed by atoms with Gasteiger partial charge in [0, 0.05) is 18.5 Å². The number of β-amino-alcohol motifs (C(OH)–C–C–N with tert-alkyl or cyclic N) is 1. The standard InChI is InChI=1S/C17H16F2N2O3/c18-12-4-3-10(5-13(12)19)15-6-11(22)8-21(15)17(23)16-7-14(20-24-16)9-1-2-9/h3-5,7,9,11,15,22H,1-2,6,8H2. The van der Waals surface area contributed by atoms with Crippen LogP contribution in [0.15, 0.2) is 28.8 Å². The molecule has 126 valence electrons. The van der Waals surface area contributed by atoms with E-state index in [9.17, 15) is 18.7 Å². The lowest BCUT2D eigenvalue weighted by atomic mass is 10.0. The minimum atomic E-state index is -0.975. The maximum absolute atomic E-state index is 13.5. The first-order valence-electron chi connectivity index (χ1n) is 7.93. The second-order valence-electron chi connectivity index (χ2n) is 6.43. The second-order valence-corrected chi connectivity index (χ2v) is 6.43. The quantitative estimate of drug-likeness (QED) is 0.937. The molecule has 1 aromatic carbocycles. The Balaban J connectivity index is 1.61. The fraction of sp³-hybridized carbons (Fsp3) is 0.412. The zero-order chi connectivity index (χ0) is 16.8. The Morgan fingerprint density at radius 1 is 1.25 bits per heavy atom. The van der Waals surface area contributed by atoms with Crippen molar-refractivity contribution in [1.82, 2.24) is 10.1 Å². The maximum Gasteiger partial charge on any atom is 0.293 e. The number of hydrogen-bond donors (Lipinski definition) is 1. The summed E-state index contributed by atoms with van der Waals surface area (Å²) in [6.45, 7) is 0.113. The third-order valence-corrected chi connectivity index (χ3v) is 4.60. The molecule has 1 amide bonds. The van der Waals surface area contributed by atoms with E-state index >= 15 is 0 Å². The number of halogens is 2. The van der Waals surface area contributed by atoms with Gasteiger partial charge in [0.15, 0.2) is 11.6 Å². The lowest BCUT2D eigenvalue weighted by Gasteiger charge is -2.23. The van der Waals surface area contributed by atoms with Crippen LogP contribution in [0.4, 0.5) is 8.78 Å². The predicted molar refractivity (Wildman–Crippen MR) is 79.2 cm³/mol. The van der Waals surface area contributed by atoms with Crippen molar-refractivity contribution >= 4 is 5.91 Å². The lowest BCUT2D eigenvalue weighted by molar-refractivity contribution is 0.0673. The summed E-state index contributed by atoms with van der Waals surface area (Å²) in [5, 5.41) is 13.9. The molecule has 5 nitrogen and oxygen atoms in total. The van der Waals surface area contributed by atoms with Crippen molar-refractivity contribution in [3.05, 3.63) is 52.9 Å². The highest BCUT2D eigenvalue weighted by molar-refractivity contribution is 5.92. The molecule has 1 aliphatic carbocycles. The van der Waals surface area contributed by atoms with Crippen molar-refractivity contribution in [2.24, 2.45) is 0 Å². The molecule has 2 fully saturated rings. The van der Waals surface area contributed by atoms with Gasteiger partial charge in [0.1, 0.15) is 0 Å². The van der Waals surface area contributed by atoms with Crippen LogP contribution in [-0.4, -0.2) is 33.7 Å². The van der Waals surface area contributed by atoms with Gasteiger partial charge in [-0.25, -0.2) is 8.78 Å². The smallest absolute Gasteiger partial charge is 0.293 e. The summed E-state index contributed by atoms with van der Waals surface area (Å²) in [6, 6.07) is 4.62. The van der Waals surface area contributed by atoms with E-state index in [0.717, 1.165) is 30.7 Å². The van der Waals surface area contributed by atoms with Crippen LogP contribution in [0.25, 0.3) is 0 Å². The van der Waals surface area contributed by atoms with Crippen LogP contribution in [0.5, 0.6) is 0 Å². The van der Waals surface area contributed by atoms with E-state index in [1.165, 1.54) is 11.0 Å². The van der Waals surface area contributed by atoms with Crippen molar-refractivity contribution < 1.29 is 23.2 Å². The third-order valence-electron chi connectivity index (χ3n) is 4.60. The fourth-order valence-corrected chi connectivity index (χ4v) is 3.18. The van der Waals surface area contributed by atoms with E-state index in [1.54, 1.807) is 6.07 Å². The van der Waals surface area contributed by atoms with Crippen LogP contribution < -0.4 is 0 Å². The van der Waals surface area contributed by atoms with Gasteiger partial charge < -0.3 is 14.5 Å². The number of benzene rings is 1. The number of aliphatic hydroxyl groups is 1. The molecule has 2 heterocycles.